The highest BCUT2D eigenvalue weighted by Gasteiger charge is 2.00. The maximum atomic E-state index is 5.43. The first-order valence-corrected chi connectivity index (χ1v) is 6.09. The Morgan fingerprint density at radius 3 is 2.67 bits per heavy atom. The van der Waals surface area contributed by atoms with Crippen LogP contribution in [0.25, 0.3) is 0 Å². The predicted molar refractivity (Wildman–Crippen MR) is 73.6 cm³/mol. The Balaban J connectivity index is 2.06. The molecule has 0 saturated heterocycles. The van der Waals surface area contributed by atoms with Crippen molar-refractivity contribution in [2.75, 3.05) is 18.4 Å². The predicted octanol–water partition coefficient (Wildman–Crippen LogP) is 1.75. The van der Waals surface area contributed by atoms with E-state index < -0.39 is 0 Å². The van der Waals surface area contributed by atoms with E-state index in [9.17, 15) is 0 Å². The van der Waals surface area contributed by atoms with Crippen LogP contribution in [0.2, 0.25) is 0 Å². The minimum atomic E-state index is 0.575. The third-order valence-electron chi connectivity index (χ3n) is 2.65. The fourth-order valence-corrected chi connectivity index (χ4v) is 1.68. The number of nitrogens with one attached hydrogen (secondary N) is 1. The molecular formula is C14H18N4. The molecule has 2 rings (SSSR count). The number of benzene rings is 1. The fourth-order valence-electron chi connectivity index (χ4n) is 1.68. The van der Waals surface area contributed by atoms with E-state index >= 15 is 0 Å². The summed E-state index contributed by atoms with van der Waals surface area (Å²) in [4.78, 5) is 8.61. The van der Waals surface area contributed by atoms with Crippen molar-refractivity contribution in [3.05, 3.63) is 53.3 Å². The first-order chi connectivity index (χ1) is 8.78. The summed E-state index contributed by atoms with van der Waals surface area (Å²) in [5, 5.41) is 3.08. The van der Waals surface area contributed by atoms with Gasteiger partial charge in [-0.05, 0) is 18.6 Å². The van der Waals surface area contributed by atoms with Gasteiger partial charge >= 0.3 is 0 Å². The largest absolute Gasteiger partial charge is 0.353 e. The van der Waals surface area contributed by atoms with Gasteiger partial charge in [-0.1, -0.05) is 29.8 Å². The van der Waals surface area contributed by atoms with E-state index in [1.54, 1.807) is 6.20 Å². The van der Waals surface area contributed by atoms with E-state index in [4.69, 9.17) is 5.73 Å². The molecule has 94 valence electrons. The van der Waals surface area contributed by atoms with Crippen LogP contribution < -0.4 is 11.1 Å². The van der Waals surface area contributed by atoms with Gasteiger partial charge in [-0.15, -0.1) is 0 Å². The molecule has 0 radical (unpaired) electrons. The molecule has 2 aromatic rings. The lowest BCUT2D eigenvalue weighted by atomic mass is 10.1. The monoisotopic (exact) mass is 242 g/mol. The number of hydrogen-bond acceptors (Lipinski definition) is 4. The van der Waals surface area contributed by atoms with E-state index in [0.717, 1.165) is 12.1 Å². The number of anilines is 1. The number of aryl methyl sites for hydroxylation is 1. The zero-order valence-electron chi connectivity index (χ0n) is 10.6. The summed E-state index contributed by atoms with van der Waals surface area (Å²) in [7, 11) is 0. The topological polar surface area (TPSA) is 63.8 Å². The van der Waals surface area contributed by atoms with Crippen LogP contribution in [0.3, 0.4) is 0 Å². The Bertz CT molecular complexity index is 493. The van der Waals surface area contributed by atoms with Crippen LogP contribution in [0.4, 0.5) is 5.95 Å². The van der Waals surface area contributed by atoms with Crippen molar-refractivity contribution in [2.45, 2.75) is 13.3 Å². The zero-order valence-corrected chi connectivity index (χ0v) is 10.6. The Morgan fingerprint density at radius 2 is 1.94 bits per heavy atom. The van der Waals surface area contributed by atoms with Gasteiger partial charge in [0.2, 0.25) is 5.95 Å². The van der Waals surface area contributed by atoms with E-state index in [0.29, 0.717) is 19.0 Å². The van der Waals surface area contributed by atoms with Crippen molar-refractivity contribution < 1.29 is 0 Å². The molecule has 0 aliphatic heterocycles. The lowest BCUT2D eigenvalue weighted by molar-refractivity contribution is 0.964. The van der Waals surface area contributed by atoms with Crippen LogP contribution >= 0.6 is 0 Å². The van der Waals surface area contributed by atoms with Gasteiger partial charge in [0.1, 0.15) is 0 Å². The smallest absolute Gasteiger partial charge is 0.222 e. The maximum Gasteiger partial charge on any atom is 0.222 e. The number of rotatable bonds is 5. The molecule has 4 nitrogen and oxygen atoms in total. The summed E-state index contributed by atoms with van der Waals surface area (Å²) >= 11 is 0. The Morgan fingerprint density at radius 1 is 1.17 bits per heavy atom. The Labute approximate surface area is 107 Å². The van der Waals surface area contributed by atoms with Gasteiger partial charge in [-0.3, -0.25) is 0 Å². The van der Waals surface area contributed by atoms with E-state index in [-0.39, 0.29) is 0 Å². The minimum absolute atomic E-state index is 0.575. The summed E-state index contributed by atoms with van der Waals surface area (Å²) in [5.41, 5.74) is 8.97. The molecule has 0 saturated carbocycles. The lowest BCUT2D eigenvalue weighted by Crippen LogP contribution is -2.15. The summed E-state index contributed by atoms with van der Waals surface area (Å²) in [6, 6.07) is 10.4. The molecule has 0 spiro atoms. The van der Waals surface area contributed by atoms with Crippen molar-refractivity contribution >= 4 is 5.95 Å². The Hall–Kier alpha value is -1.94. The molecule has 3 N–H and O–H groups in total. The highest BCUT2D eigenvalue weighted by Crippen LogP contribution is 2.09. The molecule has 1 heterocycles. The Kier molecular flexibility index (Phi) is 4.25. The van der Waals surface area contributed by atoms with Crippen LogP contribution in [-0.2, 0) is 6.42 Å². The van der Waals surface area contributed by atoms with Gasteiger partial charge in [-0.2, -0.15) is 0 Å². The van der Waals surface area contributed by atoms with E-state index in [1.807, 2.05) is 6.07 Å². The highest BCUT2D eigenvalue weighted by molar-refractivity contribution is 5.29. The van der Waals surface area contributed by atoms with Crippen LogP contribution in [0.15, 0.2) is 36.5 Å². The molecule has 0 aliphatic carbocycles. The average Bonchev–Trinajstić information content (AvgIpc) is 2.40. The summed E-state index contributed by atoms with van der Waals surface area (Å²) in [6.07, 6.45) is 2.59. The average molecular weight is 242 g/mol. The SMILES string of the molecule is Cc1ccc(Cc2ccnc(NCCN)n2)cc1. The van der Waals surface area contributed by atoms with Crippen LogP contribution in [0.5, 0.6) is 0 Å². The highest BCUT2D eigenvalue weighted by atomic mass is 15.1. The normalized spacial score (nSPS) is 10.3. The molecule has 18 heavy (non-hydrogen) atoms. The molecule has 4 heteroatoms. The molecule has 0 amide bonds. The first kappa shape index (κ1) is 12.5. The van der Waals surface area contributed by atoms with Crippen molar-refractivity contribution in [3.8, 4) is 0 Å². The number of nitrogens with zero attached hydrogens (tertiary/aromatic N) is 2. The molecule has 0 unspecified atom stereocenters. The second kappa shape index (κ2) is 6.12. The first-order valence-electron chi connectivity index (χ1n) is 6.09. The van der Waals surface area contributed by atoms with Gasteiger partial charge < -0.3 is 11.1 Å². The van der Waals surface area contributed by atoms with Crippen LogP contribution in [0.1, 0.15) is 16.8 Å². The lowest BCUT2D eigenvalue weighted by Gasteiger charge is -2.05. The fraction of sp³-hybridized carbons (Fsp3) is 0.286. The van der Waals surface area contributed by atoms with Crippen LogP contribution in [0, 0.1) is 6.92 Å². The molecular weight excluding hydrogens is 224 g/mol. The third-order valence-corrected chi connectivity index (χ3v) is 2.65. The zero-order chi connectivity index (χ0) is 12.8. The molecule has 1 aromatic heterocycles. The summed E-state index contributed by atoms with van der Waals surface area (Å²) < 4.78 is 0. The minimum Gasteiger partial charge on any atom is -0.353 e. The summed E-state index contributed by atoms with van der Waals surface area (Å²) in [6.45, 7) is 3.35. The molecule has 0 fully saturated rings. The van der Waals surface area contributed by atoms with Gasteiger partial charge in [-0.25, -0.2) is 9.97 Å². The molecule has 1 aromatic carbocycles. The molecule has 0 aliphatic rings. The quantitative estimate of drug-likeness (QED) is 0.838. The molecule has 0 atom stereocenters. The number of nitrogens with two attached hydrogens (primary N) is 1. The van der Waals surface area contributed by atoms with Crippen molar-refractivity contribution in [1.82, 2.24) is 9.97 Å². The van der Waals surface area contributed by atoms with Gasteiger partial charge in [0.25, 0.3) is 0 Å². The van der Waals surface area contributed by atoms with E-state index in [1.165, 1.54) is 11.1 Å². The molecule has 0 bridgehead atoms. The second-order valence-electron chi connectivity index (χ2n) is 4.25. The van der Waals surface area contributed by atoms with Crippen molar-refractivity contribution in [2.24, 2.45) is 5.73 Å². The third kappa shape index (κ3) is 3.53. The maximum absolute atomic E-state index is 5.43. The second-order valence-corrected chi connectivity index (χ2v) is 4.25. The van der Waals surface area contributed by atoms with Gasteiger partial charge in [0, 0.05) is 25.7 Å². The van der Waals surface area contributed by atoms with Gasteiger partial charge in [0.15, 0.2) is 0 Å². The standard InChI is InChI=1S/C14H18N4/c1-11-2-4-12(5-3-11)10-13-6-8-16-14(18-13)17-9-7-15/h2-6,8H,7,9-10,15H2,1H3,(H,16,17,18). The summed E-state index contributed by atoms with van der Waals surface area (Å²) in [5.74, 6) is 0.644. The van der Waals surface area contributed by atoms with Crippen molar-refractivity contribution in [1.29, 1.82) is 0 Å². The van der Waals surface area contributed by atoms with E-state index in [2.05, 4.69) is 46.5 Å². The van der Waals surface area contributed by atoms with Gasteiger partial charge in [0.05, 0.1) is 5.69 Å². The van der Waals surface area contributed by atoms with Crippen molar-refractivity contribution in [3.63, 3.8) is 0 Å². The van der Waals surface area contributed by atoms with Crippen LogP contribution in [-0.4, -0.2) is 23.1 Å². The number of aromatic nitrogens is 2. The number of hydrogen-bond donors (Lipinski definition) is 2.